The van der Waals surface area contributed by atoms with Gasteiger partial charge in [0.1, 0.15) is 10.5 Å². The summed E-state index contributed by atoms with van der Waals surface area (Å²) in [7, 11) is 0. The van der Waals surface area contributed by atoms with Crippen molar-refractivity contribution in [2.24, 2.45) is 0 Å². The van der Waals surface area contributed by atoms with E-state index in [0.29, 0.717) is 16.0 Å². The first-order valence-electron chi connectivity index (χ1n) is 5.50. The summed E-state index contributed by atoms with van der Waals surface area (Å²) < 4.78 is 2.03. The van der Waals surface area contributed by atoms with Crippen LogP contribution < -0.4 is 16.8 Å². The van der Waals surface area contributed by atoms with E-state index in [4.69, 9.17) is 0 Å². The minimum absolute atomic E-state index is 0.0647. The average Bonchev–Trinajstić information content (AvgIpc) is 2.85. The molecule has 0 spiro atoms. The van der Waals surface area contributed by atoms with Crippen molar-refractivity contribution in [2.45, 2.75) is 6.54 Å². The molecule has 0 amide bonds. The van der Waals surface area contributed by atoms with Gasteiger partial charge in [-0.2, -0.15) is 0 Å². The smallest absolute Gasteiger partial charge is 0.308 e. The van der Waals surface area contributed by atoms with Crippen LogP contribution in [0.5, 0.6) is 0 Å². The summed E-state index contributed by atoms with van der Waals surface area (Å²) in [4.78, 5) is 43.8. The molecular weight excluding hydrogens is 348 g/mol. The van der Waals surface area contributed by atoms with Gasteiger partial charge in [0.05, 0.1) is 16.5 Å². The van der Waals surface area contributed by atoms with Gasteiger partial charge in [-0.05, 0) is 27.4 Å². The number of thiophene rings is 1. The van der Waals surface area contributed by atoms with E-state index in [1.54, 1.807) is 11.4 Å². The zero-order valence-electron chi connectivity index (χ0n) is 9.84. The normalized spacial score (nSPS) is 11.1. The van der Waals surface area contributed by atoms with E-state index in [0.717, 1.165) is 0 Å². The van der Waals surface area contributed by atoms with Crippen molar-refractivity contribution >= 4 is 37.5 Å². The van der Waals surface area contributed by atoms with Gasteiger partial charge in [-0.1, -0.05) is 0 Å². The van der Waals surface area contributed by atoms with Crippen molar-refractivity contribution in [3.63, 3.8) is 0 Å². The summed E-state index contributed by atoms with van der Waals surface area (Å²) >= 11 is 4.35. The number of hydrogen-bond donors (Lipinski definition) is 2. The van der Waals surface area contributed by atoms with Crippen LogP contribution in [0.2, 0.25) is 0 Å². The Hall–Kier alpha value is -2.00. The van der Waals surface area contributed by atoms with Crippen molar-refractivity contribution < 1.29 is 0 Å². The van der Waals surface area contributed by atoms with Crippen LogP contribution >= 0.6 is 27.3 Å². The Balaban J connectivity index is 2.09. The molecule has 2 N–H and O–H groups in total. The molecule has 3 heterocycles. The van der Waals surface area contributed by atoms with Gasteiger partial charge in [-0.3, -0.25) is 19.1 Å². The Morgan fingerprint density at radius 1 is 1.25 bits per heavy atom. The molecule has 0 saturated heterocycles. The van der Waals surface area contributed by atoms with Crippen molar-refractivity contribution in [3.8, 4) is 0 Å². The van der Waals surface area contributed by atoms with Crippen LogP contribution in [0.1, 0.15) is 5.82 Å². The van der Waals surface area contributed by atoms with Gasteiger partial charge in [0.25, 0.3) is 11.1 Å². The highest BCUT2D eigenvalue weighted by Gasteiger charge is 2.07. The second-order valence-electron chi connectivity index (χ2n) is 4.01. The molecule has 3 aromatic heterocycles. The first-order valence-corrected chi connectivity index (χ1v) is 7.17. The highest BCUT2D eigenvalue weighted by molar-refractivity contribution is 9.10. The van der Waals surface area contributed by atoms with Crippen molar-refractivity contribution in [1.82, 2.24) is 19.5 Å². The average molecular weight is 355 g/mol. The summed E-state index contributed by atoms with van der Waals surface area (Å²) in [6, 6.07) is 1.74. The van der Waals surface area contributed by atoms with Gasteiger partial charge in [0.15, 0.2) is 0 Å². The van der Waals surface area contributed by atoms with Crippen LogP contribution in [0.3, 0.4) is 0 Å². The number of nitrogens with zero attached hydrogens (tertiary/aromatic N) is 2. The molecule has 20 heavy (non-hydrogen) atoms. The third-order valence-electron chi connectivity index (χ3n) is 2.65. The number of halogens is 1. The number of aromatic amines is 2. The monoisotopic (exact) mass is 354 g/mol. The quantitative estimate of drug-likeness (QED) is 0.705. The molecule has 0 bridgehead atoms. The SMILES string of the molecule is O=c1[nH]c(=O)n(Cc2nc3ccsc3c(=O)[nH]2)cc1Br. The Labute approximate surface area is 123 Å². The summed E-state index contributed by atoms with van der Waals surface area (Å²) in [5.41, 5.74) is -0.714. The van der Waals surface area contributed by atoms with E-state index in [2.05, 4.69) is 30.9 Å². The topological polar surface area (TPSA) is 101 Å². The summed E-state index contributed by atoms with van der Waals surface area (Å²) in [5, 5.41) is 1.78. The fourth-order valence-corrected chi connectivity index (χ4v) is 2.83. The Bertz CT molecular complexity index is 968. The van der Waals surface area contributed by atoms with Crippen molar-refractivity contribution in [2.75, 3.05) is 0 Å². The van der Waals surface area contributed by atoms with E-state index < -0.39 is 11.2 Å². The van der Waals surface area contributed by atoms with Crippen LogP contribution in [-0.2, 0) is 6.54 Å². The van der Waals surface area contributed by atoms with Gasteiger partial charge < -0.3 is 4.98 Å². The van der Waals surface area contributed by atoms with Gasteiger partial charge in [0.2, 0.25) is 0 Å². The third-order valence-corrected chi connectivity index (χ3v) is 4.12. The van der Waals surface area contributed by atoms with E-state index >= 15 is 0 Å². The first kappa shape index (κ1) is 13.0. The molecule has 9 heteroatoms. The molecule has 0 aliphatic carbocycles. The zero-order chi connectivity index (χ0) is 14.3. The molecule has 3 rings (SSSR count). The van der Waals surface area contributed by atoms with Gasteiger partial charge in [-0.15, -0.1) is 11.3 Å². The lowest BCUT2D eigenvalue weighted by Gasteiger charge is -2.04. The second-order valence-corrected chi connectivity index (χ2v) is 5.78. The molecule has 0 radical (unpaired) electrons. The second kappa shape index (κ2) is 4.84. The van der Waals surface area contributed by atoms with Gasteiger partial charge in [0, 0.05) is 6.20 Å². The Kier molecular flexibility index (Phi) is 3.14. The minimum atomic E-state index is -0.564. The van der Waals surface area contributed by atoms with E-state index in [-0.39, 0.29) is 16.6 Å². The number of hydrogen-bond acceptors (Lipinski definition) is 5. The molecule has 0 unspecified atom stereocenters. The maximum absolute atomic E-state index is 11.8. The molecule has 7 nitrogen and oxygen atoms in total. The van der Waals surface area contributed by atoms with Crippen LogP contribution in [0.4, 0.5) is 0 Å². The predicted octanol–water partition coefficient (Wildman–Crippen LogP) is 0.645. The molecule has 0 aliphatic heterocycles. The van der Waals surface area contributed by atoms with E-state index in [1.807, 2.05) is 0 Å². The Morgan fingerprint density at radius 2 is 2.05 bits per heavy atom. The first-order chi connectivity index (χ1) is 9.54. The van der Waals surface area contributed by atoms with E-state index in [1.165, 1.54) is 22.1 Å². The Morgan fingerprint density at radius 3 is 2.85 bits per heavy atom. The molecule has 0 atom stereocenters. The molecule has 0 aromatic carbocycles. The highest BCUT2D eigenvalue weighted by Crippen LogP contribution is 2.13. The zero-order valence-corrected chi connectivity index (χ0v) is 12.2. The van der Waals surface area contributed by atoms with Gasteiger partial charge >= 0.3 is 5.69 Å². The summed E-state index contributed by atoms with van der Waals surface area (Å²) in [6.45, 7) is 0.0647. The van der Waals surface area contributed by atoms with Crippen LogP contribution in [0, 0.1) is 0 Å². The number of rotatable bonds is 2. The largest absolute Gasteiger partial charge is 0.328 e. The number of aromatic nitrogens is 4. The number of nitrogens with one attached hydrogen (secondary N) is 2. The van der Waals surface area contributed by atoms with Crippen LogP contribution in [-0.4, -0.2) is 19.5 Å². The third kappa shape index (κ3) is 2.25. The summed E-state index contributed by atoms with van der Waals surface area (Å²) in [6.07, 6.45) is 1.36. The van der Waals surface area contributed by atoms with E-state index in [9.17, 15) is 14.4 Å². The lowest BCUT2D eigenvalue weighted by atomic mass is 10.4. The molecule has 0 fully saturated rings. The summed E-state index contributed by atoms with van der Waals surface area (Å²) in [5.74, 6) is 0.349. The minimum Gasteiger partial charge on any atom is -0.308 e. The lowest BCUT2D eigenvalue weighted by molar-refractivity contribution is 0.683. The standard InChI is InChI=1S/C11H7BrN4O3S/c12-5-3-16(11(19)15-9(5)17)4-7-13-6-1-2-20-8(6)10(18)14-7/h1-3H,4H2,(H,13,14,18)(H,15,17,19). The molecule has 102 valence electrons. The molecular formula is C11H7BrN4O3S. The van der Waals surface area contributed by atoms with Crippen molar-refractivity contribution in [3.05, 3.63) is 59.1 Å². The fraction of sp³-hybridized carbons (Fsp3) is 0.0909. The van der Waals surface area contributed by atoms with Crippen LogP contribution in [0.25, 0.3) is 10.2 Å². The molecule has 0 aliphatic rings. The lowest BCUT2D eigenvalue weighted by Crippen LogP contribution is -2.31. The number of fused-ring (bicyclic) bond motifs is 1. The fourth-order valence-electron chi connectivity index (χ4n) is 1.76. The molecule has 0 saturated carbocycles. The van der Waals surface area contributed by atoms with Gasteiger partial charge in [-0.25, -0.2) is 9.78 Å². The maximum atomic E-state index is 11.8. The maximum Gasteiger partial charge on any atom is 0.328 e. The molecule has 3 aromatic rings. The van der Waals surface area contributed by atoms with Crippen LogP contribution in [0.15, 0.2) is 36.5 Å². The predicted molar refractivity (Wildman–Crippen MR) is 78.4 cm³/mol. The number of H-pyrrole nitrogens is 2. The van der Waals surface area contributed by atoms with Crippen molar-refractivity contribution in [1.29, 1.82) is 0 Å². The highest BCUT2D eigenvalue weighted by atomic mass is 79.9.